The van der Waals surface area contributed by atoms with Crippen molar-refractivity contribution in [2.75, 3.05) is 6.61 Å². The first-order chi connectivity index (χ1) is 14.9. The molecule has 3 aliphatic rings. The summed E-state index contributed by atoms with van der Waals surface area (Å²) in [5, 5.41) is 4.66. The summed E-state index contributed by atoms with van der Waals surface area (Å²) in [4.78, 5) is 33.6. The maximum Gasteiger partial charge on any atom is 0.289 e. The second kappa shape index (κ2) is 7.31. The van der Waals surface area contributed by atoms with Crippen LogP contribution in [0.15, 0.2) is 48.7 Å². The summed E-state index contributed by atoms with van der Waals surface area (Å²) >= 11 is 6.02. The molecule has 1 heterocycles. The summed E-state index contributed by atoms with van der Waals surface area (Å²) in [6.45, 7) is 1.95. The van der Waals surface area contributed by atoms with Gasteiger partial charge in [-0.15, -0.1) is 0 Å². The van der Waals surface area contributed by atoms with Gasteiger partial charge < -0.3 is 10.1 Å². The van der Waals surface area contributed by atoms with E-state index in [-0.39, 0.29) is 35.1 Å². The smallest absolute Gasteiger partial charge is 0.289 e. The molecule has 6 rings (SSSR count). The fraction of sp³-hybridized carbons (Fsp3) is 0.333. The van der Waals surface area contributed by atoms with Crippen LogP contribution in [0.3, 0.4) is 0 Å². The number of nitrogens with one attached hydrogen (secondary N) is 1. The highest BCUT2D eigenvalue weighted by Gasteiger charge is 2.68. The number of Topliss-reactive ketones (excluding diaryl/α,β-unsaturated/α-hetero) is 1. The standard InChI is InChI=1S/C24H22ClN3O3/c1-15-8-18(6-7-19(15)25)31-11-17(29)9-23-12-24(13-23,14-23)28-22(30)21-26-10-16-4-2-3-5-20(16)27-21/h2-8,10H,9,11-14H2,1H3,(H,28,30). The molecular weight excluding hydrogens is 414 g/mol. The number of ketones is 1. The quantitative estimate of drug-likeness (QED) is 0.599. The first-order valence-electron chi connectivity index (χ1n) is 10.3. The van der Waals surface area contributed by atoms with Gasteiger partial charge in [0.2, 0.25) is 5.82 Å². The minimum absolute atomic E-state index is 0.00607. The number of amides is 1. The van der Waals surface area contributed by atoms with Crippen LogP contribution >= 0.6 is 11.6 Å². The Hall–Kier alpha value is -2.99. The number of rotatable bonds is 7. The van der Waals surface area contributed by atoms with Crippen molar-refractivity contribution in [3.05, 3.63) is 65.1 Å². The minimum Gasteiger partial charge on any atom is -0.486 e. The van der Waals surface area contributed by atoms with E-state index in [1.807, 2.05) is 37.3 Å². The lowest BCUT2D eigenvalue weighted by atomic mass is 9.38. The summed E-state index contributed by atoms with van der Waals surface area (Å²) in [6, 6.07) is 12.9. The highest BCUT2D eigenvalue weighted by atomic mass is 35.5. The molecule has 2 bridgehead atoms. The molecule has 0 spiro atoms. The van der Waals surface area contributed by atoms with Crippen molar-refractivity contribution in [2.24, 2.45) is 5.41 Å². The normalized spacial score (nSPS) is 23.5. The highest BCUT2D eigenvalue weighted by Crippen LogP contribution is 2.69. The number of para-hydroxylation sites is 1. The van der Waals surface area contributed by atoms with Gasteiger partial charge in [-0.05, 0) is 61.4 Å². The molecule has 158 valence electrons. The zero-order chi connectivity index (χ0) is 21.6. The molecule has 7 heteroatoms. The third kappa shape index (κ3) is 3.76. The second-order valence-electron chi connectivity index (χ2n) is 8.93. The molecule has 0 unspecified atom stereocenters. The van der Waals surface area contributed by atoms with Crippen LogP contribution in [0.1, 0.15) is 41.9 Å². The third-order valence-electron chi connectivity index (χ3n) is 6.31. The predicted molar refractivity (Wildman–Crippen MR) is 117 cm³/mol. The summed E-state index contributed by atoms with van der Waals surface area (Å²) in [5.74, 6) is 0.643. The molecular formula is C24H22ClN3O3. The number of carbonyl (C=O) groups excluding carboxylic acids is 2. The topological polar surface area (TPSA) is 81.2 Å². The number of ether oxygens (including phenoxy) is 1. The zero-order valence-electron chi connectivity index (χ0n) is 17.2. The largest absolute Gasteiger partial charge is 0.486 e. The van der Waals surface area contributed by atoms with E-state index < -0.39 is 0 Å². The molecule has 0 aliphatic heterocycles. The number of carbonyl (C=O) groups is 2. The van der Waals surface area contributed by atoms with Crippen LogP contribution in [0, 0.1) is 12.3 Å². The van der Waals surface area contributed by atoms with Crippen LogP contribution in [-0.4, -0.2) is 33.8 Å². The Bertz CT molecular complexity index is 1190. The second-order valence-corrected chi connectivity index (χ2v) is 9.34. The third-order valence-corrected chi connectivity index (χ3v) is 6.74. The van der Waals surface area contributed by atoms with Crippen LogP contribution < -0.4 is 10.1 Å². The molecule has 0 radical (unpaired) electrons. The molecule has 31 heavy (non-hydrogen) atoms. The van der Waals surface area contributed by atoms with Crippen LogP contribution in [0.25, 0.3) is 10.9 Å². The van der Waals surface area contributed by atoms with Crippen molar-refractivity contribution in [3.8, 4) is 5.75 Å². The van der Waals surface area contributed by atoms with Crippen molar-refractivity contribution >= 4 is 34.2 Å². The van der Waals surface area contributed by atoms with Crippen molar-refractivity contribution in [1.82, 2.24) is 15.3 Å². The lowest BCUT2D eigenvalue weighted by molar-refractivity contribution is -0.162. The van der Waals surface area contributed by atoms with Gasteiger partial charge in [-0.25, -0.2) is 9.97 Å². The van der Waals surface area contributed by atoms with Crippen molar-refractivity contribution in [3.63, 3.8) is 0 Å². The lowest BCUT2D eigenvalue weighted by Crippen LogP contribution is -2.75. The van der Waals surface area contributed by atoms with E-state index in [4.69, 9.17) is 16.3 Å². The van der Waals surface area contributed by atoms with Crippen molar-refractivity contribution in [2.45, 2.75) is 38.1 Å². The van der Waals surface area contributed by atoms with E-state index in [9.17, 15) is 9.59 Å². The maximum atomic E-state index is 12.6. The number of nitrogens with zero attached hydrogens (tertiary/aromatic N) is 2. The van der Waals surface area contributed by atoms with Gasteiger partial charge in [-0.1, -0.05) is 29.8 Å². The monoisotopic (exact) mass is 435 g/mol. The lowest BCUT2D eigenvalue weighted by Gasteiger charge is -2.70. The number of halogens is 1. The molecule has 1 N–H and O–H groups in total. The summed E-state index contributed by atoms with van der Waals surface area (Å²) < 4.78 is 5.62. The average Bonchev–Trinajstić information content (AvgIpc) is 2.71. The summed E-state index contributed by atoms with van der Waals surface area (Å²) in [5.41, 5.74) is 1.44. The Kier molecular flexibility index (Phi) is 4.70. The van der Waals surface area contributed by atoms with Gasteiger partial charge in [0.15, 0.2) is 5.78 Å². The number of aromatic nitrogens is 2. The van der Waals surface area contributed by atoms with Crippen molar-refractivity contribution in [1.29, 1.82) is 0 Å². The molecule has 2 aromatic carbocycles. The van der Waals surface area contributed by atoms with Crippen LogP contribution in [-0.2, 0) is 4.79 Å². The first-order valence-corrected chi connectivity index (χ1v) is 10.7. The van der Waals surface area contributed by atoms with E-state index in [1.165, 1.54) is 0 Å². The molecule has 3 aromatic rings. The first kappa shape index (κ1) is 19.9. The number of hydrogen-bond donors (Lipinski definition) is 1. The zero-order valence-corrected chi connectivity index (χ0v) is 17.9. The van der Waals surface area contributed by atoms with E-state index in [0.717, 1.165) is 35.7 Å². The Morgan fingerprint density at radius 3 is 2.71 bits per heavy atom. The van der Waals surface area contributed by atoms with Gasteiger partial charge in [0, 0.05) is 28.6 Å². The van der Waals surface area contributed by atoms with Gasteiger partial charge in [0.25, 0.3) is 5.91 Å². The fourth-order valence-corrected chi connectivity index (χ4v) is 5.15. The molecule has 6 nitrogen and oxygen atoms in total. The summed E-state index contributed by atoms with van der Waals surface area (Å²) in [7, 11) is 0. The molecule has 3 saturated carbocycles. The molecule has 3 fully saturated rings. The van der Waals surface area contributed by atoms with Gasteiger partial charge in [0.1, 0.15) is 12.4 Å². The molecule has 1 aromatic heterocycles. The van der Waals surface area contributed by atoms with E-state index in [1.54, 1.807) is 18.3 Å². The maximum absolute atomic E-state index is 12.6. The molecule has 0 saturated heterocycles. The van der Waals surface area contributed by atoms with Gasteiger partial charge >= 0.3 is 0 Å². The molecule has 0 atom stereocenters. The highest BCUT2D eigenvalue weighted by molar-refractivity contribution is 6.31. The number of fused-ring (bicyclic) bond motifs is 1. The van der Waals surface area contributed by atoms with E-state index in [2.05, 4.69) is 15.3 Å². The predicted octanol–water partition coefficient (Wildman–Crippen LogP) is 4.28. The van der Waals surface area contributed by atoms with Crippen molar-refractivity contribution < 1.29 is 14.3 Å². The van der Waals surface area contributed by atoms with Crippen LogP contribution in [0.5, 0.6) is 5.75 Å². The van der Waals surface area contributed by atoms with E-state index in [0.29, 0.717) is 17.2 Å². The Balaban J connectivity index is 1.12. The fourth-order valence-electron chi connectivity index (χ4n) is 5.04. The molecule has 3 aliphatic carbocycles. The number of aryl methyl sites for hydroxylation is 1. The number of benzene rings is 2. The Labute approximate surface area is 185 Å². The molecule has 1 amide bonds. The average molecular weight is 436 g/mol. The van der Waals surface area contributed by atoms with Crippen LogP contribution in [0.2, 0.25) is 5.02 Å². The van der Waals surface area contributed by atoms with Gasteiger partial charge in [-0.3, -0.25) is 9.59 Å². The van der Waals surface area contributed by atoms with Gasteiger partial charge in [-0.2, -0.15) is 0 Å². The Morgan fingerprint density at radius 1 is 1.16 bits per heavy atom. The van der Waals surface area contributed by atoms with E-state index >= 15 is 0 Å². The Morgan fingerprint density at radius 2 is 1.94 bits per heavy atom. The van der Waals surface area contributed by atoms with Crippen LogP contribution in [0.4, 0.5) is 0 Å². The number of hydrogen-bond acceptors (Lipinski definition) is 5. The minimum atomic E-state index is -0.258. The summed E-state index contributed by atoms with van der Waals surface area (Å²) in [6.07, 6.45) is 4.58. The van der Waals surface area contributed by atoms with Gasteiger partial charge in [0.05, 0.1) is 5.52 Å². The SMILES string of the molecule is Cc1cc(OCC(=O)CC23CC(NC(=O)c4ncc5ccccc5n4)(C2)C3)ccc1Cl.